The minimum atomic E-state index is -0.279. The predicted molar refractivity (Wildman–Crippen MR) is 69.7 cm³/mol. The fraction of sp³-hybridized carbons (Fsp3) is 0.250. The zero-order valence-corrected chi connectivity index (χ0v) is 11.0. The smallest absolute Gasteiger partial charge is 0.270 e. The molecular formula is C12H13N3O2S. The molecule has 6 heteroatoms. The number of amides is 1. The van der Waals surface area contributed by atoms with Crippen molar-refractivity contribution in [3.63, 3.8) is 0 Å². The molecule has 0 atom stereocenters. The Labute approximate surface area is 108 Å². The first-order valence-corrected chi connectivity index (χ1v) is 6.30. The van der Waals surface area contributed by atoms with Crippen molar-refractivity contribution in [1.82, 2.24) is 14.9 Å². The highest BCUT2D eigenvalue weighted by molar-refractivity contribution is 7.09. The average Bonchev–Trinajstić information content (AvgIpc) is 2.73. The lowest BCUT2D eigenvalue weighted by molar-refractivity contribution is 0.0777. The van der Waals surface area contributed by atoms with Crippen molar-refractivity contribution >= 4 is 17.2 Å². The summed E-state index contributed by atoms with van der Waals surface area (Å²) >= 11 is 1.55. The highest BCUT2D eigenvalue weighted by Crippen LogP contribution is 2.10. The largest absolute Gasteiger partial charge is 0.335 e. The van der Waals surface area contributed by atoms with Crippen molar-refractivity contribution in [1.29, 1.82) is 0 Å². The monoisotopic (exact) mass is 263 g/mol. The van der Waals surface area contributed by atoms with Crippen molar-refractivity contribution in [3.05, 3.63) is 50.3 Å². The Morgan fingerprint density at radius 1 is 1.50 bits per heavy atom. The summed E-state index contributed by atoms with van der Waals surface area (Å²) in [6, 6.07) is 4.53. The molecule has 94 valence electrons. The lowest BCUT2D eigenvalue weighted by atomic mass is 10.3. The average molecular weight is 263 g/mol. The molecule has 0 aliphatic heterocycles. The first kappa shape index (κ1) is 12.5. The standard InChI is InChI=1S/C12H13N3O2S/c1-8-13-9(7-18-8)6-15(2)12(17)10-4-3-5-11(16)14-10/h3-5,7H,6H2,1-2H3,(H,14,16). The van der Waals surface area contributed by atoms with Gasteiger partial charge in [-0.3, -0.25) is 9.59 Å². The van der Waals surface area contributed by atoms with Gasteiger partial charge in [0.15, 0.2) is 0 Å². The number of aromatic amines is 1. The van der Waals surface area contributed by atoms with Gasteiger partial charge in [-0.2, -0.15) is 0 Å². The van der Waals surface area contributed by atoms with Gasteiger partial charge in [-0.05, 0) is 13.0 Å². The number of aryl methyl sites for hydroxylation is 1. The van der Waals surface area contributed by atoms with Gasteiger partial charge in [-0.15, -0.1) is 11.3 Å². The third kappa shape index (κ3) is 2.84. The van der Waals surface area contributed by atoms with E-state index in [2.05, 4.69) is 9.97 Å². The highest BCUT2D eigenvalue weighted by Gasteiger charge is 2.13. The van der Waals surface area contributed by atoms with Crippen LogP contribution in [0.1, 0.15) is 21.2 Å². The van der Waals surface area contributed by atoms with E-state index in [1.54, 1.807) is 30.5 Å². The number of hydrogen-bond donors (Lipinski definition) is 1. The molecule has 2 heterocycles. The van der Waals surface area contributed by atoms with Crippen LogP contribution in [-0.4, -0.2) is 27.8 Å². The number of rotatable bonds is 3. The molecule has 0 unspecified atom stereocenters. The zero-order valence-electron chi connectivity index (χ0n) is 10.1. The topological polar surface area (TPSA) is 66.1 Å². The van der Waals surface area contributed by atoms with E-state index in [-0.39, 0.29) is 17.2 Å². The highest BCUT2D eigenvalue weighted by atomic mass is 32.1. The molecule has 18 heavy (non-hydrogen) atoms. The van der Waals surface area contributed by atoms with Gasteiger partial charge >= 0.3 is 0 Å². The van der Waals surface area contributed by atoms with Gasteiger partial charge < -0.3 is 9.88 Å². The van der Waals surface area contributed by atoms with E-state index in [0.29, 0.717) is 6.54 Å². The second-order valence-corrected chi connectivity index (χ2v) is 5.01. The van der Waals surface area contributed by atoms with E-state index < -0.39 is 0 Å². The van der Waals surface area contributed by atoms with Gasteiger partial charge in [0.1, 0.15) is 5.69 Å². The van der Waals surface area contributed by atoms with Crippen molar-refractivity contribution < 1.29 is 4.79 Å². The van der Waals surface area contributed by atoms with Crippen molar-refractivity contribution in [2.75, 3.05) is 7.05 Å². The van der Waals surface area contributed by atoms with Crippen LogP contribution in [0.4, 0.5) is 0 Å². The van der Waals surface area contributed by atoms with Crippen LogP contribution in [0.25, 0.3) is 0 Å². The number of nitrogens with zero attached hydrogens (tertiary/aromatic N) is 2. The quantitative estimate of drug-likeness (QED) is 0.910. The molecule has 1 N–H and O–H groups in total. The number of nitrogens with one attached hydrogen (secondary N) is 1. The Morgan fingerprint density at radius 3 is 2.89 bits per heavy atom. The first-order valence-electron chi connectivity index (χ1n) is 5.42. The Balaban J connectivity index is 2.11. The third-order valence-corrected chi connectivity index (χ3v) is 3.23. The summed E-state index contributed by atoms with van der Waals surface area (Å²) in [6.45, 7) is 2.35. The van der Waals surface area contributed by atoms with Gasteiger partial charge in [0, 0.05) is 18.5 Å². The Morgan fingerprint density at radius 2 is 2.28 bits per heavy atom. The van der Waals surface area contributed by atoms with E-state index >= 15 is 0 Å². The molecule has 0 fully saturated rings. The van der Waals surface area contributed by atoms with Crippen molar-refractivity contribution in [2.45, 2.75) is 13.5 Å². The molecular weight excluding hydrogens is 250 g/mol. The molecule has 0 aromatic carbocycles. The van der Waals surface area contributed by atoms with E-state index in [0.717, 1.165) is 10.7 Å². The lowest BCUT2D eigenvalue weighted by Crippen LogP contribution is -2.28. The van der Waals surface area contributed by atoms with Crippen LogP contribution in [-0.2, 0) is 6.54 Å². The minimum Gasteiger partial charge on any atom is -0.335 e. The SMILES string of the molecule is Cc1nc(CN(C)C(=O)c2cccc(=O)[nH]2)cs1. The van der Waals surface area contributed by atoms with Crippen LogP contribution in [0.3, 0.4) is 0 Å². The Hall–Kier alpha value is -1.95. The van der Waals surface area contributed by atoms with Crippen LogP contribution < -0.4 is 5.56 Å². The number of pyridine rings is 1. The molecule has 0 saturated carbocycles. The molecule has 0 saturated heterocycles. The van der Waals surface area contributed by atoms with Gasteiger partial charge in [0.25, 0.3) is 5.91 Å². The number of thiazole rings is 1. The summed E-state index contributed by atoms with van der Waals surface area (Å²) in [6.07, 6.45) is 0. The molecule has 2 aromatic heterocycles. The van der Waals surface area contributed by atoms with E-state index in [1.165, 1.54) is 11.0 Å². The lowest BCUT2D eigenvalue weighted by Gasteiger charge is -2.15. The summed E-state index contributed by atoms with van der Waals surface area (Å²) in [7, 11) is 1.68. The van der Waals surface area contributed by atoms with Crippen LogP contribution in [0, 0.1) is 6.92 Å². The van der Waals surface area contributed by atoms with Gasteiger partial charge in [0.05, 0.1) is 17.2 Å². The van der Waals surface area contributed by atoms with Gasteiger partial charge in [-0.25, -0.2) is 4.98 Å². The number of aromatic nitrogens is 2. The van der Waals surface area contributed by atoms with Crippen molar-refractivity contribution in [2.24, 2.45) is 0 Å². The number of carbonyl (C=O) groups is 1. The molecule has 0 aliphatic rings. The number of H-pyrrole nitrogens is 1. The van der Waals surface area contributed by atoms with Crippen LogP contribution in [0.5, 0.6) is 0 Å². The summed E-state index contributed by atoms with van der Waals surface area (Å²) in [5, 5.41) is 2.89. The third-order valence-electron chi connectivity index (χ3n) is 2.41. The zero-order chi connectivity index (χ0) is 13.1. The molecule has 2 rings (SSSR count). The summed E-state index contributed by atoms with van der Waals surface area (Å²) in [4.78, 5) is 31.5. The van der Waals surface area contributed by atoms with Crippen molar-refractivity contribution in [3.8, 4) is 0 Å². The van der Waals surface area contributed by atoms with E-state index in [4.69, 9.17) is 0 Å². The maximum atomic E-state index is 12.0. The summed E-state index contributed by atoms with van der Waals surface area (Å²) in [5.41, 5.74) is 0.863. The predicted octanol–water partition coefficient (Wildman–Crippen LogP) is 1.41. The molecule has 0 radical (unpaired) electrons. The minimum absolute atomic E-state index is 0.224. The Bertz CT molecular complexity index is 618. The normalized spacial score (nSPS) is 10.3. The maximum absolute atomic E-state index is 12.0. The molecule has 5 nitrogen and oxygen atoms in total. The van der Waals surface area contributed by atoms with Gasteiger partial charge in [0.2, 0.25) is 5.56 Å². The molecule has 2 aromatic rings. The number of carbonyl (C=O) groups excluding carboxylic acids is 1. The maximum Gasteiger partial charge on any atom is 0.270 e. The second-order valence-electron chi connectivity index (χ2n) is 3.95. The number of hydrogen-bond acceptors (Lipinski definition) is 4. The van der Waals surface area contributed by atoms with Crippen LogP contribution >= 0.6 is 11.3 Å². The first-order chi connectivity index (χ1) is 8.56. The molecule has 1 amide bonds. The van der Waals surface area contributed by atoms with Gasteiger partial charge in [-0.1, -0.05) is 6.07 Å². The van der Waals surface area contributed by atoms with Crippen LogP contribution in [0.15, 0.2) is 28.4 Å². The molecule has 0 bridgehead atoms. The Kier molecular flexibility index (Phi) is 3.57. The molecule has 0 aliphatic carbocycles. The van der Waals surface area contributed by atoms with E-state index in [9.17, 15) is 9.59 Å². The fourth-order valence-electron chi connectivity index (χ4n) is 1.57. The summed E-state index contributed by atoms with van der Waals surface area (Å²) < 4.78 is 0. The van der Waals surface area contributed by atoms with Crippen LogP contribution in [0.2, 0.25) is 0 Å². The molecule has 0 spiro atoms. The summed E-state index contributed by atoms with van der Waals surface area (Å²) in [5.74, 6) is -0.224. The second kappa shape index (κ2) is 5.14. The fourth-order valence-corrected chi connectivity index (χ4v) is 2.18. The van der Waals surface area contributed by atoms with E-state index in [1.807, 2.05) is 12.3 Å².